The van der Waals surface area contributed by atoms with Gasteiger partial charge in [0.25, 0.3) is 0 Å². The molecule has 0 unspecified atom stereocenters. The first-order valence-electron chi connectivity index (χ1n) is 15.5. The van der Waals surface area contributed by atoms with Gasteiger partial charge in [0.15, 0.2) is 10.6 Å². The molecule has 0 radical (unpaired) electrons. The molecule has 0 saturated carbocycles. The van der Waals surface area contributed by atoms with Crippen molar-refractivity contribution >= 4 is 28.8 Å². The quantitative estimate of drug-likeness (QED) is 0.0741. The van der Waals surface area contributed by atoms with Crippen LogP contribution in [0.2, 0.25) is 0 Å². The Morgan fingerprint density at radius 2 is 1.71 bits per heavy atom. The number of carbonyl (C=O) groups excluding carboxylic acids is 1. The van der Waals surface area contributed by atoms with Gasteiger partial charge in [-0.3, -0.25) is 9.48 Å². The Hall–Kier alpha value is -4.05. The highest BCUT2D eigenvalue weighted by Crippen LogP contribution is 2.29. The van der Waals surface area contributed by atoms with E-state index in [1.165, 1.54) is 6.08 Å². The van der Waals surface area contributed by atoms with E-state index in [4.69, 9.17) is 14.2 Å². The molecule has 0 aliphatic rings. The normalized spacial score (nSPS) is 11.9. The van der Waals surface area contributed by atoms with Crippen molar-refractivity contribution < 1.29 is 23.6 Å². The molecule has 1 N–H and O–H groups in total. The Kier molecular flexibility index (Phi) is 13.1. The Morgan fingerprint density at radius 1 is 0.956 bits per heavy atom. The topological polar surface area (TPSA) is 97.7 Å². The van der Waals surface area contributed by atoms with Gasteiger partial charge in [0.1, 0.15) is 18.1 Å². The summed E-state index contributed by atoms with van der Waals surface area (Å²) in [5, 5.41) is 7.22. The van der Waals surface area contributed by atoms with Gasteiger partial charge in [0.05, 0.1) is 25.1 Å². The third-order valence-corrected chi connectivity index (χ3v) is 8.49. The lowest BCUT2D eigenvalue weighted by Gasteiger charge is -2.13. The van der Waals surface area contributed by atoms with Crippen molar-refractivity contribution in [3.8, 4) is 22.6 Å². The highest BCUT2D eigenvalue weighted by molar-refractivity contribution is 7.90. The van der Waals surface area contributed by atoms with Crippen LogP contribution in [0.5, 0.6) is 11.5 Å². The van der Waals surface area contributed by atoms with Crippen LogP contribution < -0.4 is 14.8 Å². The largest absolute Gasteiger partial charge is 0.611 e. The molecule has 1 amide bonds. The number of nitrogens with zero attached hydrogens (tertiary/aromatic N) is 2. The highest BCUT2D eigenvalue weighted by Gasteiger charge is 2.17. The van der Waals surface area contributed by atoms with Crippen LogP contribution in [0, 0.1) is 6.92 Å². The minimum Gasteiger partial charge on any atom is -0.611 e. The second kappa shape index (κ2) is 17.4. The summed E-state index contributed by atoms with van der Waals surface area (Å²) < 4.78 is 32.0. The average Bonchev–Trinajstić information content (AvgIpc) is 3.41. The molecule has 4 aromatic rings. The Morgan fingerprint density at radius 3 is 2.42 bits per heavy atom. The molecule has 3 aromatic carbocycles. The summed E-state index contributed by atoms with van der Waals surface area (Å²) in [6.45, 7) is 11.1. The summed E-state index contributed by atoms with van der Waals surface area (Å²) in [6, 6.07) is 20.9. The van der Waals surface area contributed by atoms with Crippen LogP contribution in [0.1, 0.15) is 50.4 Å². The van der Waals surface area contributed by atoms with Crippen molar-refractivity contribution in [2.24, 2.45) is 0 Å². The molecule has 1 aromatic heterocycles. The molecule has 0 saturated heterocycles. The molecule has 9 heteroatoms. The van der Waals surface area contributed by atoms with Crippen LogP contribution >= 0.6 is 0 Å². The molecule has 238 valence electrons. The van der Waals surface area contributed by atoms with Crippen LogP contribution in [-0.4, -0.2) is 46.7 Å². The SMILES string of the molecule is CCCCOCCOc1ccc(-c2ccc(OCC)c(/C=C/C(=O)Nc3ccc([S@@+]([O-])Cc4c(C)cnn4CC)cc3)c2)cc1. The minimum absolute atomic E-state index is 0.278. The van der Waals surface area contributed by atoms with Gasteiger partial charge >= 0.3 is 0 Å². The Labute approximate surface area is 269 Å². The third kappa shape index (κ3) is 9.97. The third-order valence-electron chi connectivity index (χ3n) is 7.16. The second-order valence-corrected chi connectivity index (χ2v) is 11.9. The van der Waals surface area contributed by atoms with Gasteiger partial charge in [0, 0.05) is 30.5 Å². The molecule has 45 heavy (non-hydrogen) atoms. The van der Waals surface area contributed by atoms with Gasteiger partial charge in [-0.2, -0.15) is 5.10 Å². The molecule has 1 heterocycles. The van der Waals surface area contributed by atoms with Gasteiger partial charge < -0.3 is 24.1 Å². The minimum atomic E-state index is -1.23. The van der Waals surface area contributed by atoms with Gasteiger partial charge in [-0.05, 0) is 110 Å². The van der Waals surface area contributed by atoms with E-state index in [9.17, 15) is 9.35 Å². The van der Waals surface area contributed by atoms with Crippen molar-refractivity contribution in [3.05, 3.63) is 95.8 Å². The monoisotopic (exact) mass is 629 g/mol. The van der Waals surface area contributed by atoms with Gasteiger partial charge in [-0.15, -0.1) is 0 Å². The van der Waals surface area contributed by atoms with Crippen molar-refractivity contribution in [2.45, 2.75) is 57.7 Å². The number of carbonyl (C=O) groups is 1. The van der Waals surface area contributed by atoms with Crippen molar-refractivity contribution in [1.82, 2.24) is 9.78 Å². The number of aromatic nitrogens is 2. The zero-order valence-corrected chi connectivity index (χ0v) is 27.4. The van der Waals surface area contributed by atoms with Crippen LogP contribution in [-0.2, 0) is 33.0 Å². The number of unbranched alkanes of at least 4 members (excludes halogenated alkanes) is 1. The van der Waals surface area contributed by atoms with Gasteiger partial charge in [-0.1, -0.05) is 31.5 Å². The lowest BCUT2D eigenvalue weighted by molar-refractivity contribution is -0.111. The summed E-state index contributed by atoms with van der Waals surface area (Å²) in [5.41, 5.74) is 5.43. The van der Waals surface area contributed by atoms with Gasteiger partial charge in [-0.25, -0.2) is 0 Å². The molecule has 0 spiro atoms. The first kappa shape index (κ1) is 33.8. The lowest BCUT2D eigenvalue weighted by atomic mass is 10.0. The van der Waals surface area contributed by atoms with E-state index in [1.807, 2.05) is 67.9 Å². The number of benzene rings is 3. The maximum absolute atomic E-state index is 13.0. The first-order valence-corrected chi connectivity index (χ1v) is 16.8. The predicted octanol–water partition coefficient (Wildman–Crippen LogP) is 7.43. The first-order chi connectivity index (χ1) is 21.9. The molecular formula is C36H43N3O5S. The molecule has 1 atom stereocenters. The number of aryl methyl sites for hydroxylation is 2. The van der Waals surface area contributed by atoms with E-state index in [-0.39, 0.29) is 5.91 Å². The molecule has 8 nitrogen and oxygen atoms in total. The number of amides is 1. The molecule has 4 rings (SSSR count). The maximum atomic E-state index is 13.0. The van der Waals surface area contributed by atoms with Crippen molar-refractivity contribution in [3.63, 3.8) is 0 Å². The summed E-state index contributed by atoms with van der Waals surface area (Å²) in [5.74, 6) is 1.60. The number of anilines is 1. The number of hydrogen-bond donors (Lipinski definition) is 1. The van der Waals surface area contributed by atoms with Crippen LogP contribution in [0.25, 0.3) is 17.2 Å². The smallest absolute Gasteiger partial charge is 0.248 e. The Balaban J connectivity index is 1.36. The molecular weight excluding hydrogens is 586 g/mol. The Bertz CT molecular complexity index is 1530. The molecule has 0 aliphatic heterocycles. The number of rotatable bonds is 17. The second-order valence-electron chi connectivity index (χ2n) is 10.5. The summed E-state index contributed by atoms with van der Waals surface area (Å²) in [4.78, 5) is 13.5. The van der Waals surface area contributed by atoms with E-state index in [2.05, 4.69) is 17.3 Å². The van der Waals surface area contributed by atoms with Crippen LogP contribution in [0.3, 0.4) is 0 Å². The molecule has 0 fully saturated rings. The van der Waals surface area contributed by atoms with Crippen molar-refractivity contribution in [2.75, 3.05) is 31.7 Å². The van der Waals surface area contributed by atoms with E-state index in [1.54, 1.807) is 36.5 Å². The summed E-state index contributed by atoms with van der Waals surface area (Å²) in [6.07, 6.45) is 7.22. The fourth-order valence-corrected chi connectivity index (χ4v) is 5.90. The number of hydrogen-bond acceptors (Lipinski definition) is 6. The average molecular weight is 630 g/mol. The van der Waals surface area contributed by atoms with Gasteiger partial charge in [0.2, 0.25) is 5.91 Å². The fourth-order valence-electron chi connectivity index (χ4n) is 4.67. The van der Waals surface area contributed by atoms with E-state index >= 15 is 0 Å². The van der Waals surface area contributed by atoms with E-state index in [0.717, 1.165) is 59.7 Å². The van der Waals surface area contributed by atoms with Crippen LogP contribution in [0.4, 0.5) is 5.69 Å². The number of ether oxygens (including phenoxy) is 3. The van der Waals surface area contributed by atoms with Crippen molar-refractivity contribution in [1.29, 1.82) is 0 Å². The highest BCUT2D eigenvalue weighted by atomic mass is 32.2. The standard InChI is InChI=1S/C36H43N3O5S/c1-5-8-21-42-22-23-44-32-15-9-28(10-16-32)29-11-19-35(43-7-3)30(24-29)12-20-36(40)38-31-13-17-33(18-14-31)45(41)26-34-27(4)25-37-39(34)6-2/h9-20,24-25H,5-8,21-23,26H2,1-4H3,(H,38,40)/b20-12+/t45-/m0/s1. The summed E-state index contributed by atoms with van der Waals surface area (Å²) in [7, 11) is 0. The lowest BCUT2D eigenvalue weighted by Crippen LogP contribution is -2.12. The van der Waals surface area contributed by atoms with E-state index < -0.39 is 11.2 Å². The zero-order valence-electron chi connectivity index (χ0n) is 26.6. The zero-order chi connectivity index (χ0) is 32.0. The maximum Gasteiger partial charge on any atom is 0.248 e. The molecule has 0 aliphatic carbocycles. The van der Waals surface area contributed by atoms with E-state index in [0.29, 0.717) is 41.9 Å². The number of nitrogens with one attached hydrogen (secondary N) is 1. The predicted molar refractivity (Wildman–Crippen MR) is 181 cm³/mol. The fraction of sp³-hybridized carbons (Fsp3) is 0.333. The summed E-state index contributed by atoms with van der Waals surface area (Å²) >= 11 is -1.23. The molecule has 0 bridgehead atoms. The van der Waals surface area contributed by atoms with Crippen LogP contribution in [0.15, 0.2) is 83.9 Å².